The first-order valence-electron chi connectivity index (χ1n) is 7.78. The molecule has 0 radical (unpaired) electrons. The van der Waals surface area contributed by atoms with Gasteiger partial charge in [-0.25, -0.2) is 0 Å². The molecule has 1 heterocycles. The summed E-state index contributed by atoms with van der Waals surface area (Å²) in [5, 5.41) is 8.99. The van der Waals surface area contributed by atoms with Crippen LogP contribution in [0.4, 0.5) is 11.5 Å². The molecule has 0 spiro atoms. The van der Waals surface area contributed by atoms with Gasteiger partial charge in [-0.2, -0.15) is 0 Å². The lowest BCUT2D eigenvalue weighted by Gasteiger charge is -2.11. The number of thioether (sulfide) groups is 1. The van der Waals surface area contributed by atoms with Crippen LogP contribution in [0.5, 0.6) is 0 Å². The van der Waals surface area contributed by atoms with Gasteiger partial charge >= 0.3 is 0 Å². The average Bonchev–Trinajstić information content (AvgIpc) is 2.92. The number of benzene rings is 1. The summed E-state index contributed by atoms with van der Waals surface area (Å²) >= 11 is 1.41. The van der Waals surface area contributed by atoms with E-state index >= 15 is 0 Å². The molecule has 2 aromatic rings. The average molecular weight is 347 g/mol. The van der Waals surface area contributed by atoms with Gasteiger partial charge in [0.2, 0.25) is 11.8 Å². The second-order valence-electron chi connectivity index (χ2n) is 5.40. The van der Waals surface area contributed by atoms with Crippen LogP contribution in [-0.2, 0) is 9.59 Å². The normalized spacial score (nSPS) is 11.8. The molecule has 2 rings (SSSR count). The van der Waals surface area contributed by atoms with Gasteiger partial charge in [0.1, 0.15) is 5.76 Å². The molecule has 128 valence electrons. The van der Waals surface area contributed by atoms with Crippen molar-refractivity contribution in [2.45, 2.75) is 43.8 Å². The molecule has 0 aliphatic carbocycles. The number of nitrogens with one attached hydrogen (secondary N) is 2. The summed E-state index contributed by atoms with van der Waals surface area (Å²) in [7, 11) is 0. The van der Waals surface area contributed by atoms with Crippen molar-refractivity contribution in [3.63, 3.8) is 0 Å². The van der Waals surface area contributed by atoms with Crippen molar-refractivity contribution >= 4 is 35.1 Å². The number of rotatable bonds is 7. The summed E-state index contributed by atoms with van der Waals surface area (Å²) in [5.74, 6) is 0.882. The number of anilines is 2. The molecule has 0 aliphatic rings. The summed E-state index contributed by atoms with van der Waals surface area (Å²) in [5.41, 5.74) is 0.734. The van der Waals surface area contributed by atoms with Crippen LogP contribution < -0.4 is 10.6 Å². The lowest BCUT2D eigenvalue weighted by atomic mass is 10.3. The van der Waals surface area contributed by atoms with Crippen LogP contribution in [0, 0.1) is 6.92 Å². The minimum atomic E-state index is -0.316. The van der Waals surface area contributed by atoms with Gasteiger partial charge in [0.15, 0.2) is 5.82 Å². The van der Waals surface area contributed by atoms with Gasteiger partial charge in [-0.15, -0.1) is 11.8 Å². The molecule has 0 fully saturated rings. The summed E-state index contributed by atoms with van der Waals surface area (Å²) in [6, 6.07) is 9.13. The molecule has 0 bridgehead atoms. The van der Waals surface area contributed by atoms with E-state index in [1.165, 1.54) is 11.8 Å². The van der Waals surface area contributed by atoms with Crippen molar-refractivity contribution in [3.8, 4) is 0 Å². The zero-order valence-corrected chi connectivity index (χ0v) is 14.8. The molecule has 0 aliphatic heterocycles. The fraction of sp³-hybridized carbons (Fsp3) is 0.353. The second-order valence-corrected chi connectivity index (χ2v) is 6.81. The van der Waals surface area contributed by atoms with E-state index in [4.69, 9.17) is 4.52 Å². The van der Waals surface area contributed by atoms with Crippen LogP contribution in [0.3, 0.4) is 0 Å². The summed E-state index contributed by atoms with van der Waals surface area (Å²) in [6.07, 6.45) is 1.30. The Bertz CT molecular complexity index is 715. The Balaban J connectivity index is 1.94. The SMILES string of the molecule is CCCC(=O)Nc1cccc(SC(C)C(=O)Nc2cc(C)on2)c1. The highest BCUT2D eigenvalue weighted by molar-refractivity contribution is 8.00. The molecular formula is C17H21N3O3S. The topological polar surface area (TPSA) is 84.2 Å². The number of hydrogen-bond donors (Lipinski definition) is 2. The Kier molecular flexibility index (Phi) is 6.43. The smallest absolute Gasteiger partial charge is 0.238 e. The summed E-state index contributed by atoms with van der Waals surface area (Å²) in [4.78, 5) is 24.8. The molecule has 6 nitrogen and oxygen atoms in total. The molecule has 2 amide bonds. The lowest BCUT2D eigenvalue weighted by molar-refractivity contribution is -0.116. The molecule has 24 heavy (non-hydrogen) atoms. The Morgan fingerprint density at radius 1 is 1.29 bits per heavy atom. The molecule has 0 saturated heterocycles. The third kappa shape index (κ3) is 5.42. The van der Waals surface area contributed by atoms with E-state index in [0.717, 1.165) is 17.0 Å². The quantitative estimate of drug-likeness (QED) is 0.743. The van der Waals surface area contributed by atoms with Crippen LogP contribution in [0.1, 0.15) is 32.4 Å². The van der Waals surface area contributed by atoms with Gasteiger partial charge in [0.25, 0.3) is 0 Å². The van der Waals surface area contributed by atoms with Crippen molar-refractivity contribution in [1.29, 1.82) is 0 Å². The number of aryl methyl sites for hydroxylation is 1. The zero-order valence-electron chi connectivity index (χ0n) is 14.0. The van der Waals surface area contributed by atoms with Crippen molar-refractivity contribution in [2.24, 2.45) is 0 Å². The Labute approximate surface area is 145 Å². The van der Waals surface area contributed by atoms with E-state index in [1.54, 1.807) is 13.0 Å². The Morgan fingerprint density at radius 3 is 2.75 bits per heavy atom. The monoisotopic (exact) mass is 347 g/mol. The molecule has 1 aromatic carbocycles. The van der Waals surface area contributed by atoms with Gasteiger partial charge in [-0.1, -0.05) is 18.1 Å². The van der Waals surface area contributed by atoms with Crippen LogP contribution in [0.15, 0.2) is 39.8 Å². The Morgan fingerprint density at radius 2 is 2.08 bits per heavy atom. The number of carbonyl (C=O) groups is 2. The first kappa shape index (κ1) is 18.1. The van der Waals surface area contributed by atoms with Crippen LogP contribution in [0.25, 0.3) is 0 Å². The third-order valence-electron chi connectivity index (χ3n) is 3.16. The van der Waals surface area contributed by atoms with Crippen molar-refractivity contribution < 1.29 is 14.1 Å². The molecule has 1 atom stereocenters. The zero-order chi connectivity index (χ0) is 17.5. The number of hydrogen-bond acceptors (Lipinski definition) is 5. The number of nitrogens with zero attached hydrogens (tertiary/aromatic N) is 1. The Hall–Kier alpha value is -2.28. The van der Waals surface area contributed by atoms with E-state index in [1.807, 2.05) is 38.1 Å². The van der Waals surface area contributed by atoms with Crippen molar-refractivity contribution in [1.82, 2.24) is 5.16 Å². The number of carbonyl (C=O) groups excluding carboxylic acids is 2. The summed E-state index contributed by atoms with van der Waals surface area (Å²) < 4.78 is 4.92. The molecule has 7 heteroatoms. The van der Waals surface area contributed by atoms with Crippen molar-refractivity contribution in [2.75, 3.05) is 10.6 Å². The van der Waals surface area contributed by atoms with E-state index < -0.39 is 0 Å². The van der Waals surface area contributed by atoms with E-state index in [0.29, 0.717) is 18.0 Å². The van der Waals surface area contributed by atoms with Gasteiger partial charge in [-0.05, 0) is 38.5 Å². The maximum absolute atomic E-state index is 12.2. The van der Waals surface area contributed by atoms with Crippen LogP contribution in [0.2, 0.25) is 0 Å². The highest BCUT2D eigenvalue weighted by Gasteiger charge is 2.16. The second kappa shape index (κ2) is 8.54. The molecule has 0 saturated carbocycles. The molecular weight excluding hydrogens is 326 g/mol. The maximum Gasteiger partial charge on any atom is 0.238 e. The van der Waals surface area contributed by atoms with Crippen molar-refractivity contribution in [3.05, 3.63) is 36.1 Å². The molecule has 1 aromatic heterocycles. The van der Waals surface area contributed by atoms with Gasteiger partial charge in [0, 0.05) is 23.1 Å². The highest BCUT2D eigenvalue weighted by atomic mass is 32.2. The molecule has 2 N–H and O–H groups in total. The fourth-order valence-corrected chi connectivity index (χ4v) is 2.93. The van der Waals surface area contributed by atoms with E-state index in [9.17, 15) is 9.59 Å². The highest BCUT2D eigenvalue weighted by Crippen LogP contribution is 2.26. The minimum absolute atomic E-state index is 0.00755. The van der Waals surface area contributed by atoms with E-state index in [2.05, 4.69) is 15.8 Å². The minimum Gasteiger partial charge on any atom is -0.360 e. The third-order valence-corrected chi connectivity index (χ3v) is 4.25. The predicted octanol–water partition coefficient (Wildman–Crippen LogP) is 3.84. The number of aromatic nitrogens is 1. The van der Waals surface area contributed by atoms with Crippen LogP contribution >= 0.6 is 11.8 Å². The van der Waals surface area contributed by atoms with Gasteiger partial charge in [-0.3, -0.25) is 9.59 Å². The number of amides is 2. The first-order chi connectivity index (χ1) is 11.5. The van der Waals surface area contributed by atoms with Crippen LogP contribution in [-0.4, -0.2) is 22.2 Å². The summed E-state index contributed by atoms with van der Waals surface area (Å²) in [6.45, 7) is 5.54. The predicted molar refractivity (Wildman–Crippen MR) is 95.2 cm³/mol. The lowest BCUT2D eigenvalue weighted by Crippen LogP contribution is -2.22. The van der Waals surface area contributed by atoms with Gasteiger partial charge in [0.05, 0.1) is 5.25 Å². The maximum atomic E-state index is 12.2. The molecule has 1 unspecified atom stereocenters. The van der Waals surface area contributed by atoms with Gasteiger partial charge < -0.3 is 15.2 Å². The van der Waals surface area contributed by atoms with E-state index in [-0.39, 0.29) is 17.1 Å². The fourth-order valence-electron chi connectivity index (χ4n) is 2.01. The standard InChI is InChI=1S/C17H21N3O3S/c1-4-6-16(21)18-13-7-5-8-14(10-13)24-12(3)17(22)19-15-9-11(2)23-20-15/h5,7-10,12H,4,6H2,1-3H3,(H,18,21)(H,19,20,22). The largest absolute Gasteiger partial charge is 0.360 e. The first-order valence-corrected chi connectivity index (χ1v) is 8.66.